The van der Waals surface area contributed by atoms with Crippen LogP contribution in [0.3, 0.4) is 0 Å². The molecule has 4 rings (SSSR count). The third kappa shape index (κ3) is 5.57. The van der Waals surface area contributed by atoms with Crippen LogP contribution in [-0.2, 0) is 13.0 Å². The quantitative estimate of drug-likeness (QED) is 0.247. The molecular weight excluding hydrogens is 529 g/mol. The van der Waals surface area contributed by atoms with Gasteiger partial charge in [-0.05, 0) is 54.4 Å². The first kappa shape index (κ1) is 25.4. The minimum absolute atomic E-state index is 0.203. The SMILES string of the molecule is CCCc1nc2ccc(Br)cc2c(=O)n1N=Cc1cc(OC)c(OCc2ccc(F)cc2)c(OC)c1. The molecule has 186 valence electrons. The highest BCUT2D eigenvalue weighted by molar-refractivity contribution is 9.10. The number of fused-ring (bicyclic) bond motifs is 1. The predicted octanol–water partition coefficient (Wildman–Crippen LogP) is 5.73. The van der Waals surface area contributed by atoms with E-state index >= 15 is 0 Å². The van der Waals surface area contributed by atoms with Crippen molar-refractivity contribution < 1.29 is 18.6 Å². The van der Waals surface area contributed by atoms with Crippen LogP contribution >= 0.6 is 15.9 Å². The summed E-state index contributed by atoms with van der Waals surface area (Å²) < 4.78 is 32.3. The van der Waals surface area contributed by atoms with Crippen molar-refractivity contribution >= 4 is 33.0 Å². The largest absolute Gasteiger partial charge is 0.493 e. The molecule has 1 heterocycles. The molecule has 0 aliphatic heterocycles. The van der Waals surface area contributed by atoms with Gasteiger partial charge in [-0.15, -0.1) is 0 Å². The summed E-state index contributed by atoms with van der Waals surface area (Å²) in [6.45, 7) is 2.22. The van der Waals surface area contributed by atoms with Gasteiger partial charge in [0.05, 0.1) is 31.3 Å². The molecule has 0 amide bonds. The van der Waals surface area contributed by atoms with Crippen molar-refractivity contribution in [2.75, 3.05) is 14.2 Å². The second-order valence-electron chi connectivity index (χ2n) is 7.97. The number of aryl methyl sites for hydroxylation is 1. The average molecular weight is 554 g/mol. The molecular formula is C27H25BrFN3O4. The van der Waals surface area contributed by atoms with Crippen LogP contribution in [-0.4, -0.2) is 30.1 Å². The van der Waals surface area contributed by atoms with Crippen LogP contribution in [0, 0.1) is 5.82 Å². The van der Waals surface area contributed by atoms with Crippen molar-refractivity contribution in [2.24, 2.45) is 5.10 Å². The molecule has 0 saturated heterocycles. The monoisotopic (exact) mass is 553 g/mol. The van der Waals surface area contributed by atoms with Gasteiger partial charge in [0.1, 0.15) is 18.2 Å². The Morgan fingerprint density at radius 2 is 1.75 bits per heavy atom. The summed E-state index contributed by atoms with van der Waals surface area (Å²) >= 11 is 3.41. The number of rotatable bonds is 9. The van der Waals surface area contributed by atoms with Crippen molar-refractivity contribution in [3.05, 3.63) is 92.2 Å². The highest BCUT2D eigenvalue weighted by atomic mass is 79.9. The smallest absolute Gasteiger partial charge is 0.282 e. The molecule has 0 radical (unpaired) electrons. The van der Waals surface area contributed by atoms with Gasteiger partial charge < -0.3 is 14.2 Å². The van der Waals surface area contributed by atoms with E-state index in [0.717, 1.165) is 16.5 Å². The van der Waals surface area contributed by atoms with Crippen molar-refractivity contribution in [1.82, 2.24) is 9.66 Å². The molecule has 4 aromatic rings. The first-order chi connectivity index (χ1) is 17.4. The molecule has 1 aromatic heterocycles. The Bertz CT molecular complexity index is 1440. The fraction of sp³-hybridized carbons (Fsp3) is 0.222. The number of hydrogen-bond acceptors (Lipinski definition) is 6. The van der Waals surface area contributed by atoms with Crippen LogP contribution in [0.15, 0.2) is 69.0 Å². The molecule has 0 aliphatic carbocycles. The fourth-order valence-corrected chi connectivity index (χ4v) is 4.04. The number of hydrogen-bond donors (Lipinski definition) is 0. The zero-order chi connectivity index (χ0) is 25.7. The van der Waals surface area contributed by atoms with Crippen molar-refractivity contribution in [1.29, 1.82) is 0 Å². The van der Waals surface area contributed by atoms with Crippen LogP contribution in [0.4, 0.5) is 4.39 Å². The van der Waals surface area contributed by atoms with E-state index in [2.05, 4.69) is 26.0 Å². The van der Waals surface area contributed by atoms with Gasteiger partial charge in [0, 0.05) is 16.5 Å². The van der Waals surface area contributed by atoms with Crippen LogP contribution in [0.25, 0.3) is 10.9 Å². The summed E-state index contributed by atoms with van der Waals surface area (Å²) in [5.41, 5.74) is 1.81. The molecule has 0 spiro atoms. The van der Waals surface area contributed by atoms with E-state index in [4.69, 9.17) is 14.2 Å². The number of halogens is 2. The van der Waals surface area contributed by atoms with E-state index in [1.807, 2.05) is 19.1 Å². The third-order valence-electron chi connectivity index (χ3n) is 5.45. The molecule has 9 heteroatoms. The molecule has 0 saturated carbocycles. The van der Waals surface area contributed by atoms with Gasteiger partial charge in [0.15, 0.2) is 11.5 Å². The van der Waals surface area contributed by atoms with Gasteiger partial charge in [0.25, 0.3) is 5.56 Å². The number of ether oxygens (including phenoxy) is 3. The van der Waals surface area contributed by atoms with Crippen LogP contribution in [0.2, 0.25) is 0 Å². The maximum atomic E-state index is 13.2. The Balaban J connectivity index is 1.69. The van der Waals surface area contributed by atoms with Crippen LogP contribution < -0.4 is 19.8 Å². The zero-order valence-corrected chi connectivity index (χ0v) is 21.7. The summed E-state index contributed by atoms with van der Waals surface area (Å²) in [4.78, 5) is 17.9. The van der Waals surface area contributed by atoms with Crippen molar-refractivity contribution in [3.63, 3.8) is 0 Å². The normalized spacial score (nSPS) is 11.2. The molecule has 0 aliphatic rings. The molecule has 36 heavy (non-hydrogen) atoms. The molecule has 0 atom stereocenters. The Morgan fingerprint density at radius 1 is 1.06 bits per heavy atom. The molecule has 7 nitrogen and oxygen atoms in total. The Hall–Kier alpha value is -3.72. The van der Waals surface area contributed by atoms with Crippen LogP contribution in [0.5, 0.6) is 17.2 Å². The first-order valence-electron chi connectivity index (χ1n) is 11.3. The minimum Gasteiger partial charge on any atom is -0.493 e. The summed E-state index contributed by atoms with van der Waals surface area (Å²) in [6, 6.07) is 14.9. The maximum absolute atomic E-state index is 13.2. The first-order valence-corrected chi connectivity index (χ1v) is 12.1. The van der Waals surface area contributed by atoms with Gasteiger partial charge in [-0.3, -0.25) is 4.79 Å². The Labute approximate surface area is 216 Å². The van der Waals surface area contributed by atoms with E-state index < -0.39 is 0 Å². The lowest BCUT2D eigenvalue weighted by Crippen LogP contribution is -2.22. The van der Waals surface area contributed by atoms with E-state index in [-0.39, 0.29) is 18.0 Å². The molecule has 0 bridgehead atoms. The number of aromatic nitrogens is 2. The Morgan fingerprint density at radius 3 is 2.39 bits per heavy atom. The number of nitrogens with zero attached hydrogens (tertiary/aromatic N) is 3. The highest BCUT2D eigenvalue weighted by Gasteiger charge is 2.15. The lowest BCUT2D eigenvalue weighted by Gasteiger charge is -2.15. The van der Waals surface area contributed by atoms with Gasteiger partial charge in [0.2, 0.25) is 5.75 Å². The minimum atomic E-state index is -0.312. The van der Waals surface area contributed by atoms with Crippen molar-refractivity contribution in [3.8, 4) is 17.2 Å². The summed E-state index contributed by atoms with van der Waals surface area (Å²) in [7, 11) is 3.05. The van der Waals surface area contributed by atoms with E-state index in [0.29, 0.717) is 46.0 Å². The number of benzene rings is 3. The second-order valence-corrected chi connectivity index (χ2v) is 8.89. The summed E-state index contributed by atoms with van der Waals surface area (Å²) in [6.07, 6.45) is 2.97. The molecule has 0 fully saturated rings. The molecule has 0 N–H and O–H groups in total. The van der Waals surface area contributed by atoms with E-state index in [1.165, 1.54) is 31.0 Å². The van der Waals surface area contributed by atoms with Gasteiger partial charge in [-0.25, -0.2) is 9.37 Å². The predicted molar refractivity (Wildman–Crippen MR) is 141 cm³/mol. The summed E-state index contributed by atoms with van der Waals surface area (Å²) in [5, 5.41) is 4.94. The van der Waals surface area contributed by atoms with Crippen LogP contribution in [0.1, 0.15) is 30.3 Å². The van der Waals surface area contributed by atoms with Crippen molar-refractivity contribution in [2.45, 2.75) is 26.4 Å². The lowest BCUT2D eigenvalue weighted by atomic mass is 10.2. The topological polar surface area (TPSA) is 74.9 Å². The Kier molecular flexibility index (Phi) is 8.00. The molecule has 3 aromatic carbocycles. The van der Waals surface area contributed by atoms with Gasteiger partial charge in [-0.2, -0.15) is 9.78 Å². The lowest BCUT2D eigenvalue weighted by molar-refractivity contribution is 0.266. The van der Waals surface area contributed by atoms with Gasteiger partial charge in [-0.1, -0.05) is 35.0 Å². The summed E-state index contributed by atoms with van der Waals surface area (Å²) in [5.74, 6) is 1.53. The van der Waals surface area contributed by atoms with E-state index in [1.54, 1.807) is 36.5 Å². The van der Waals surface area contributed by atoms with Gasteiger partial charge >= 0.3 is 0 Å². The third-order valence-corrected chi connectivity index (χ3v) is 5.94. The average Bonchev–Trinajstić information content (AvgIpc) is 2.88. The standard InChI is InChI=1S/C27H25BrFN3O4/c1-4-5-25-31-22-11-8-19(28)14-21(22)27(33)32(25)30-15-18-12-23(34-2)26(24(13-18)35-3)36-16-17-6-9-20(29)10-7-17/h6-15H,4-5,16H2,1-3H3. The fourth-order valence-electron chi connectivity index (χ4n) is 3.68. The molecule has 0 unspecified atom stereocenters. The number of methoxy groups -OCH3 is 2. The second kappa shape index (κ2) is 11.3. The van der Waals surface area contributed by atoms with E-state index in [9.17, 15) is 9.18 Å². The maximum Gasteiger partial charge on any atom is 0.282 e. The highest BCUT2D eigenvalue weighted by Crippen LogP contribution is 2.38. The zero-order valence-electron chi connectivity index (χ0n) is 20.1.